The Balaban J connectivity index is 1.97. The number of hydrogen-bond acceptors (Lipinski definition) is 5. The smallest absolute Gasteiger partial charge is 0.234 e. The molecule has 0 N–H and O–H groups in total. The quantitative estimate of drug-likeness (QED) is 0.732. The molecular formula is C10H14N2O3. The third-order valence-corrected chi connectivity index (χ3v) is 2.56. The van der Waals surface area contributed by atoms with Crippen LogP contribution >= 0.6 is 0 Å². The molecule has 1 aromatic heterocycles. The molecule has 0 bridgehead atoms. The first-order chi connectivity index (χ1) is 7.20. The molecule has 1 heterocycles. The van der Waals surface area contributed by atoms with Crippen LogP contribution in [0.2, 0.25) is 0 Å². The van der Waals surface area contributed by atoms with E-state index in [9.17, 15) is 4.79 Å². The van der Waals surface area contributed by atoms with Gasteiger partial charge in [-0.1, -0.05) is 5.16 Å². The van der Waals surface area contributed by atoms with Gasteiger partial charge in [0.2, 0.25) is 5.89 Å². The van der Waals surface area contributed by atoms with Gasteiger partial charge in [-0.25, -0.2) is 0 Å². The Kier molecular flexibility index (Phi) is 2.81. The Morgan fingerprint density at radius 1 is 1.67 bits per heavy atom. The van der Waals surface area contributed by atoms with Gasteiger partial charge in [-0.15, -0.1) is 0 Å². The summed E-state index contributed by atoms with van der Waals surface area (Å²) in [6, 6.07) is 0. The van der Waals surface area contributed by atoms with Gasteiger partial charge < -0.3 is 9.26 Å². The average molecular weight is 210 g/mol. The molecule has 0 saturated heterocycles. The number of nitrogens with zero attached hydrogens (tertiary/aromatic N) is 2. The number of carbonyl (C=O) groups excluding carboxylic acids is 1. The third-order valence-electron chi connectivity index (χ3n) is 2.56. The van der Waals surface area contributed by atoms with Crippen molar-refractivity contribution in [2.45, 2.75) is 32.3 Å². The average Bonchev–Trinajstić information content (AvgIpc) is 2.99. The second-order valence-electron chi connectivity index (χ2n) is 3.84. The summed E-state index contributed by atoms with van der Waals surface area (Å²) in [6.45, 7) is 1.83. The fraction of sp³-hybridized carbons (Fsp3) is 0.700. The molecule has 15 heavy (non-hydrogen) atoms. The molecule has 0 aliphatic heterocycles. The fourth-order valence-corrected chi connectivity index (χ4v) is 1.31. The monoisotopic (exact) mass is 210 g/mol. The Hall–Kier alpha value is -1.23. The predicted molar refractivity (Wildman–Crippen MR) is 51.2 cm³/mol. The zero-order valence-corrected chi connectivity index (χ0v) is 8.90. The minimum Gasteiger partial charge on any atom is -0.374 e. The van der Waals surface area contributed by atoms with E-state index in [0.29, 0.717) is 11.7 Å². The van der Waals surface area contributed by atoms with E-state index in [2.05, 4.69) is 10.1 Å². The van der Waals surface area contributed by atoms with Crippen molar-refractivity contribution in [2.24, 2.45) is 5.92 Å². The van der Waals surface area contributed by atoms with Crippen molar-refractivity contribution in [3.8, 4) is 0 Å². The van der Waals surface area contributed by atoms with E-state index in [0.717, 1.165) is 12.8 Å². The van der Waals surface area contributed by atoms with Gasteiger partial charge >= 0.3 is 0 Å². The molecule has 5 heteroatoms. The van der Waals surface area contributed by atoms with Gasteiger partial charge in [0.1, 0.15) is 11.9 Å². The van der Waals surface area contributed by atoms with E-state index in [1.54, 1.807) is 7.11 Å². The van der Waals surface area contributed by atoms with Gasteiger partial charge in [0.25, 0.3) is 0 Å². The Morgan fingerprint density at radius 2 is 2.40 bits per heavy atom. The normalized spacial score (nSPS) is 17.7. The number of methoxy groups -OCH3 is 1. The number of ether oxygens (including phenoxy) is 1. The zero-order chi connectivity index (χ0) is 10.8. The Bertz CT molecular complexity index is 357. The highest BCUT2D eigenvalue weighted by Gasteiger charge is 2.30. The Morgan fingerprint density at radius 3 is 3.00 bits per heavy atom. The molecule has 0 radical (unpaired) electrons. The SMILES string of the molecule is COC(C)c1noc(CC(=O)C2CC2)n1. The summed E-state index contributed by atoms with van der Waals surface area (Å²) >= 11 is 0. The number of aromatic nitrogens is 2. The van der Waals surface area contributed by atoms with Crippen LogP contribution in [0.15, 0.2) is 4.52 Å². The van der Waals surface area contributed by atoms with Crippen molar-refractivity contribution in [1.82, 2.24) is 10.1 Å². The standard InChI is InChI=1S/C10H14N2O3/c1-6(14-2)10-11-9(15-12-10)5-8(13)7-3-4-7/h6-7H,3-5H2,1-2H3. The van der Waals surface area contributed by atoms with Crippen molar-refractivity contribution in [3.05, 3.63) is 11.7 Å². The molecule has 1 aliphatic carbocycles. The lowest BCUT2D eigenvalue weighted by Gasteiger charge is -2.00. The van der Waals surface area contributed by atoms with E-state index >= 15 is 0 Å². The molecule has 1 fully saturated rings. The van der Waals surface area contributed by atoms with Crippen LogP contribution < -0.4 is 0 Å². The molecule has 0 amide bonds. The number of carbonyl (C=O) groups is 1. The van der Waals surface area contributed by atoms with E-state index < -0.39 is 0 Å². The maximum Gasteiger partial charge on any atom is 0.234 e. The van der Waals surface area contributed by atoms with Crippen LogP contribution in [0.3, 0.4) is 0 Å². The van der Waals surface area contributed by atoms with Gasteiger partial charge in [-0.05, 0) is 19.8 Å². The van der Waals surface area contributed by atoms with Gasteiger partial charge in [0.05, 0.1) is 6.42 Å². The van der Waals surface area contributed by atoms with Crippen LogP contribution in [0, 0.1) is 5.92 Å². The topological polar surface area (TPSA) is 65.2 Å². The number of hydrogen-bond donors (Lipinski definition) is 0. The van der Waals surface area contributed by atoms with Crippen LogP contribution in [0.5, 0.6) is 0 Å². The molecule has 5 nitrogen and oxygen atoms in total. The first-order valence-electron chi connectivity index (χ1n) is 5.08. The van der Waals surface area contributed by atoms with Gasteiger partial charge in [-0.3, -0.25) is 4.79 Å². The predicted octanol–water partition coefficient (Wildman–Crippen LogP) is 1.30. The lowest BCUT2D eigenvalue weighted by atomic mass is 10.2. The lowest BCUT2D eigenvalue weighted by molar-refractivity contribution is -0.119. The molecule has 82 valence electrons. The van der Waals surface area contributed by atoms with E-state index in [1.165, 1.54) is 0 Å². The van der Waals surface area contributed by atoms with E-state index in [1.807, 2.05) is 6.92 Å². The number of Topliss-reactive ketones (excluding diaryl/α,β-unsaturated/α-hetero) is 1. The maximum absolute atomic E-state index is 11.5. The number of rotatable bonds is 5. The minimum absolute atomic E-state index is 0.196. The number of ketones is 1. The molecule has 0 spiro atoms. The van der Waals surface area contributed by atoms with Gasteiger partial charge in [0.15, 0.2) is 5.82 Å². The maximum atomic E-state index is 11.5. The highest BCUT2D eigenvalue weighted by molar-refractivity contribution is 5.84. The third kappa shape index (κ3) is 2.41. The molecule has 1 saturated carbocycles. The fourth-order valence-electron chi connectivity index (χ4n) is 1.31. The largest absolute Gasteiger partial charge is 0.374 e. The van der Waals surface area contributed by atoms with Gasteiger partial charge in [0, 0.05) is 13.0 Å². The minimum atomic E-state index is -0.196. The van der Waals surface area contributed by atoms with Crippen molar-refractivity contribution >= 4 is 5.78 Å². The summed E-state index contributed by atoms with van der Waals surface area (Å²) in [7, 11) is 1.58. The van der Waals surface area contributed by atoms with Crippen LogP contribution in [-0.4, -0.2) is 23.0 Å². The molecule has 1 unspecified atom stereocenters. The van der Waals surface area contributed by atoms with Crippen molar-refractivity contribution in [1.29, 1.82) is 0 Å². The van der Waals surface area contributed by atoms with Crippen molar-refractivity contribution < 1.29 is 14.1 Å². The molecular weight excluding hydrogens is 196 g/mol. The van der Waals surface area contributed by atoms with Crippen LogP contribution in [0.1, 0.15) is 37.6 Å². The first-order valence-corrected chi connectivity index (χ1v) is 5.08. The summed E-state index contributed by atoms with van der Waals surface area (Å²) in [5.74, 6) is 1.33. The summed E-state index contributed by atoms with van der Waals surface area (Å²) in [6.07, 6.45) is 2.08. The summed E-state index contributed by atoms with van der Waals surface area (Å²) in [5, 5.41) is 3.76. The van der Waals surface area contributed by atoms with Crippen LogP contribution in [0.4, 0.5) is 0 Å². The molecule has 1 atom stereocenters. The highest BCUT2D eigenvalue weighted by atomic mass is 16.5. The lowest BCUT2D eigenvalue weighted by Crippen LogP contribution is -2.05. The van der Waals surface area contributed by atoms with Crippen LogP contribution in [0.25, 0.3) is 0 Å². The second kappa shape index (κ2) is 4.10. The summed E-state index contributed by atoms with van der Waals surface area (Å²) in [5.41, 5.74) is 0. The molecule has 1 aliphatic rings. The first kappa shape index (κ1) is 10.3. The Labute approximate surface area is 87.8 Å². The van der Waals surface area contributed by atoms with Crippen molar-refractivity contribution in [2.75, 3.05) is 7.11 Å². The second-order valence-corrected chi connectivity index (χ2v) is 3.84. The van der Waals surface area contributed by atoms with Crippen LogP contribution in [-0.2, 0) is 16.0 Å². The molecule has 0 aromatic carbocycles. The van der Waals surface area contributed by atoms with Gasteiger partial charge in [-0.2, -0.15) is 4.98 Å². The molecule has 2 rings (SSSR count). The van der Waals surface area contributed by atoms with E-state index in [4.69, 9.17) is 9.26 Å². The molecule has 1 aromatic rings. The highest BCUT2D eigenvalue weighted by Crippen LogP contribution is 2.30. The van der Waals surface area contributed by atoms with Crippen molar-refractivity contribution in [3.63, 3.8) is 0 Å². The summed E-state index contributed by atoms with van der Waals surface area (Å²) < 4.78 is 10.0. The zero-order valence-electron chi connectivity index (χ0n) is 8.90. The summed E-state index contributed by atoms with van der Waals surface area (Å²) in [4.78, 5) is 15.6. The van der Waals surface area contributed by atoms with E-state index in [-0.39, 0.29) is 24.2 Å².